The van der Waals surface area contributed by atoms with Crippen molar-refractivity contribution in [3.05, 3.63) is 69.4 Å². The van der Waals surface area contributed by atoms with E-state index in [1.807, 2.05) is 0 Å². The number of pyridine rings is 2. The number of hydrogen-bond acceptors (Lipinski definition) is 5. The third kappa shape index (κ3) is 4.50. The molecule has 5 rings (SSSR count). The van der Waals surface area contributed by atoms with E-state index in [0.717, 1.165) is 37.7 Å². The molecule has 0 aliphatic heterocycles. The fourth-order valence-electron chi connectivity index (χ4n) is 4.10. The average Bonchev–Trinajstić information content (AvgIpc) is 3.59. The average molecular weight is 464 g/mol. The number of carbonyl (C=O) groups is 2. The highest BCUT2D eigenvalue weighted by Crippen LogP contribution is 2.27. The van der Waals surface area contributed by atoms with Crippen molar-refractivity contribution in [3.8, 4) is 5.75 Å². The molecule has 0 saturated heterocycles. The summed E-state index contributed by atoms with van der Waals surface area (Å²) >= 11 is 0. The maximum atomic E-state index is 13.4. The molecular formula is C25H25FN4O4. The number of aromatic nitrogens is 2. The standard InChI is InChI=1S/C25H25FN4O4/c26-16-6-4-14(5-7-16)10-15-11-19-22(27-12-15)23(32)21(24(33)29-17-2-1-3-17)25(34)30(19)13-20(31)28-18-8-9-18/h4-7,11-12,17-18,32H,1-3,8-10,13H2,(H,28,31)(H,29,33). The Kier molecular flexibility index (Phi) is 5.77. The van der Waals surface area contributed by atoms with E-state index in [9.17, 15) is 23.9 Å². The van der Waals surface area contributed by atoms with E-state index in [1.54, 1.807) is 18.2 Å². The molecule has 34 heavy (non-hydrogen) atoms. The molecule has 176 valence electrons. The third-order valence-electron chi connectivity index (χ3n) is 6.37. The van der Waals surface area contributed by atoms with Crippen LogP contribution in [0.2, 0.25) is 0 Å². The van der Waals surface area contributed by atoms with E-state index in [-0.39, 0.29) is 41.4 Å². The van der Waals surface area contributed by atoms with Crippen LogP contribution in [-0.4, -0.2) is 38.6 Å². The highest BCUT2D eigenvalue weighted by Gasteiger charge is 2.29. The first-order valence-electron chi connectivity index (χ1n) is 11.5. The van der Waals surface area contributed by atoms with Crippen LogP contribution in [0.15, 0.2) is 41.3 Å². The van der Waals surface area contributed by atoms with Crippen molar-refractivity contribution < 1.29 is 19.1 Å². The molecule has 8 nitrogen and oxygen atoms in total. The highest BCUT2D eigenvalue weighted by molar-refractivity contribution is 6.01. The van der Waals surface area contributed by atoms with Crippen molar-refractivity contribution in [2.75, 3.05) is 0 Å². The second kappa shape index (κ2) is 8.89. The first-order valence-corrected chi connectivity index (χ1v) is 11.5. The van der Waals surface area contributed by atoms with Gasteiger partial charge >= 0.3 is 0 Å². The van der Waals surface area contributed by atoms with Crippen molar-refractivity contribution in [2.45, 2.75) is 57.2 Å². The fourth-order valence-corrected chi connectivity index (χ4v) is 4.10. The van der Waals surface area contributed by atoms with Gasteiger partial charge in [-0.3, -0.25) is 23.9 Å². The Morgan fingerprint density at radius 2 is 1.76 bits per heavy atom. The summed E-state index contributed by atoms with van der Waals surface area (Å²) in [4.78, 5) is 43.1. The first kappa shape index (κ1) is 22.1. The molecule has 2 aromatic heterocycles. The number of benzene rings is 1. The van der Waals surface area contributed by atoms with E-state index < -0.39 is 22.8 Å². The summed E-state index contributed by atoms with van der Waals surface area (Å²) in [7, 11) is 0. The number of amides is 2. The van der Waals surface area contributed by atoms with Crippen molar-refractivity contribution in [1.82, 2.24) is 20.2 Å². The Hall–Kier alpha value is -3.75. The minimum atomic E-state index is -0.742. The summed E-state index contributed by atoms with van der Waals surface area (Å²) in [6.07, 6.45) is 6.39. The topological polar surface area (TPSA) is 113 Å². The monoisotopic (exact) mass is 464 g/mol. The van der Waals surface area contributed by atoms with Crippen LogP contribution in [0, 0.1) is 5.82 Å². The van der Waals surface area contributed by atoms with Crippen LogP contribution in [0.5, 0.6) is 5.75 Å². The lowest BCUT2D eigenvalue weighted by molar-refractivity contribution is -0.121. The molecule has 3 aromatic rings. The van der Waals surface area contributed by atoms with Gasteiger partial charge in [0.05, 0.1) is 5.52 Å². The largest absolute Gasteiger partial charge is 0.505 e. The summed E-state index contributed by atoms with van der Waals surface area (Å²) in [5.41, 5.74) is 0.726. The zero-order chi connectivity index (χ0) is 23.8. The van der Waals surface area contributed by atoms with Crippen LogP contribution in [0.1, 0.15) is 53.6 Å². The Bertz CT molecular complexity index is 1330. The van der Waals surface area contributed by atoms with Crippen LogP contribution in [0.4, 0.5) is 4.39 Å². The van der Waals surface area contributed by atoms with Crippen molar-refractivity contribution >= 4 is 22.8 Å². The zero-order valence-electron chi connectivity index (χ0n) is 18.5. The molecule has 0 unspecified atom stereocenters. The predicted octanol–water partition coefficient (Wildman–Crippen LogP) is 2.39. The van der Waals surface area contributed by atoms with Gasteiger partial charge in [0.2, 0.25) is 5.91 Å². The molecule has 3 N–H and O–H groups in total. The van der Waals surface area contributed by atoms with Crippen LogP contribution in [0.25, 0.3) is 11.0 Å². The lowest BCUT2D eigenvalue weighted by Crippen LogP contribution is -2.43. The van der Waals surface area contributed by atoms with Gasteiger partial charge in [0.25, 0.3) is 11.5 Å². The zero-order valence-corrected chi connectivity index (χ0v) is 18.5. The number of hydrogen-bond donors (Lipinski definition) is 3. The number of nitrogens with one attached hydrogen (secondary N) is 2. The Morgan fingerprint density at radius 3 is 2.41 bits per heavy atom. The molecule has 2 aliphatic rings. The van der Waals surface area contributed by atoms with Crippen LogP contribution in [0.3, 0.4) is 0 Å². The van der Waals surface area contributed by atoms with E-state index >= 15 is 0 Å². The van der Waals surface area contributed by atoms with Crippen molar-refractivity contribution in [3.63, 3.8) is 0 Å². The van der Waals surface area contributed by atoms with Gasteiger partial charge in [-0.15, -0.1) is 0 Å². The maximum Gasteiger partial charge on any atom is 0.268 e. The summed E-state index contributed by atoms with van der Waals surface area (Å²) in [5.74, 6) is -1.84. The molecule has 1 aromatic carbocycles. The Labute approximate surface area is 194 Å². The maximum absolute atomic E-state index is 13.4. The molecule has 2 saturated carbocycles. The quantitative estimate of drug-likeness (QED) is 0.497. The molecule has 2 fully saturated rings. The minimum absolute atomic E-state index is 0.0281. The Morgan fingerprint density at radius 1 is 1.06 bits per heavy atom. The van der Waals surface area contributed by atoms with Gasteiger partial charge in [0.1, 0.15) is 23.4 Å². The van der Waals surface area contributed by atoms with Gasteiger partial charge in [0, 0.05) is 18.3 Å². The molecule has 9 heteroatoms. The van der Waals surface area contributed by atoms with Crippen molar-refractivity contribution in [2.24, 2.45) is 0 Å². The summed E-state index contributed by atoms with van der Waals surface area (Å²) in [6, 6.07) is 7.79. The van der Waals surface area contributed by atoms with Gasteiger partial charge in [-0.05, 0) is 67.9 Å². The predicted molar refractivity (Wildman–Crippen MR) is 123 cm³/mol. The normalized spacial score (nSPS) is 15.7. The van der Waals surface area contributed by atoms with E-state index in [2.05, 4.69) is 15.6 Å². The molecule has 0 atom stereocenters. The second-order valence-electron chi connectivity index (χ2n) is 9.07. The fraction of sp³-hybridized carbons (Fsp3) is 0.360. The number of halogens is 1. The highest BCUT2D eigenvalue weighted by atomic mass is 19.1. The molecule has 2 amide bonds. The van der Waals surface area contributed by atoms with E-state index in [4.69, 9.17) is 0 Å². The van der Waals surface area contributed by atoms with E-state index in [1.165, 1.54) is 22.9 Å². The van der Waals surface area contributed by atoms with Crippen LogP contribution >= 0.6 is 0 Å². The minimum Gasteiger partial charge on any atom is -0.505 e. The molecule has 2 heterocycles. The molecule has 2 aliphatic carbocycles. The number of carbonyl (C=O) groups excluding carboxylic acids is 2. The number of fused-ring (bicyclic) bond motifs is 1. The summed E-state index contributed by atoms with van der Waals surface area (Å²) in [6.45, 7) is -0.294. The van der Waals surface area contributed by atoms with Crippen molar-refractivity contribution in [1.29, 1.82) is 0 Å². The first-order chi connectivity index (χ1) is 16.4. The third-order valence-corrected chi connectivity index (χ3v) is 6.37. The molecular weight excluding hydrogens is 439 g/mol. The van der Waals surface area contributed by atoms with Gasteiger partial charge < -0.3 is 15.7 Å². The lowest BCUT2D eigenvalue weighted by Gasteiger charge is -2.26. The van der Waals surface area contributed by atoms with Crippen LogP contribution < -0.4 is 16.2 Å². The smallest absolute Gasteiger partial charge is 0.268 e. The van der Waals surface area contributed by atoms with E-state index in [0.29, 0.717) is 12.0 Å². The van der Waals surface area contributed by atoms with Gasteiger partial charge in [-0.1, -0.05) is 12.1 Å². The molecule has 0 radical (unpaired) electrons. The number of rotatable bonds is 7. The summed E-state index contributed by atoms with van der Waals surface area (Å²) < 4.78 is 14.4. The lowest BCUT2D eigenvalue weighted by atomic mass is 9.93. The SMILES string of the molecule is O=C(Cn1c(=O)c(C(=O)NC2CCC2)c(O)c2ncc(Cc3ccc(F)cc3)cc21)NC1CC1. The molecule has 0 bridgehead atoms. The second-order valence-corrected chi connectivity index (χ2v) is 9.07. The van der Waals surface area contributed by atoms with Gasteiger partial charge in [0.15, 0.2) is 5.75 Å². The number of nitrogens with zero attached hydrogens (tertiary/aromatic N) is 2. The Balaban J connectivity index is 1.56. The van der Waals surface area contributed by atoms with Gasteiger partial charge in [-0.2, -0.15) is 0 Å². The number of aromatic hydroxyl groups is 1. The van der Waals surface area contributed by atoms with Crippen LogP contribution in [-0.2, 0) is 17.8 Å². The van der Waals surface area contributed by atoms with Gasteiger partial charge in [-0.25, -0.2) is 4.39 Å². The molecule has 0 spiro atoms. The summed E-state index contributed by atoms with van der Waals surface area (Å²) in [5, 5.41) is 16.5.